The molecular weight excluding hydrogens is 1100 g/mol. The number of allylic oxidation sites excluding steroid dienone is 2. The Balaban J connectivity index is 1.64. The number of hydrogen-bond donors (Lipinski definition) is 14. The number of rotatable bonds is 47. The van der Waals surface area contributed by atoms with E-state index in [9.17, 15) is 75.7 Å². The van der Waals surface area contributed by atoms with E-state index >= 15 is 0 Å². The zero-order chi connectivity index (χ0) is 61.9. The van der Waals surface area contributed by atoms with E-state index in [2.05, 4.69) is 36.6 Å². The van der Waals surface area contributed by atoms with Crippen LogP contribution in [0.25, 0.3) is 0 Å². The minimum Gasteiger partial charge on any atom is -0.477 e. The van der Waals surface area contributed by atoms with E-state index in [0.717, 1.165) is 84.0 Å². The van der Waals surface area contributed by atoms with Crippen LogP contribution in [0.1, 0.15) is 220 Å². The first-order chi connectivity index (χ1) is 40.4. The molecule has 0 spiro atoms. The zero-order valence-electron chi connectivity index (χ0n) is 50.8. The summed E-state index contributed by atoms with van der Waals surface area (Å²) in [6.07, 6.45) is 7.94. The number of aliphatic hydroxyl groups is 11. The maximum atomic E-state index is 13.4. The number of carbonyl (C=O) groups is 3. The molecule has 84 heavy (non-hydrogen) atoms. The molecule has 14 N–H and O–H groups in total. The van der Waals surface area contributed by atoms with Gasteiger partial charge in [0.1, 0.15) is 67.1 Å². The van der Waals surface area contributed by atoms with Gasteiger partial charge in [0.25, 0.3) is 5.79 Å². The van der Waals surface area contributed by atoms with Gasteiger partial charge in [0, 0.05) is 19.8 Å². The molecule has 0 aromatic rings. The average Bonchev–Trinajstić information content (AvgIpc) is 1.25. The van der Waals surface area contributed by atoms with Crippen LogP contribution in [-0.2, 0) is 42.8 Å². The maximum Gasteiger partial charge on any atom is 0.364 e. The highest BCUT2D eigenvalue weighted by molar-refractivity contribution is 5.77. The van der Waals surface area contributed by atoms with Crippen LogP contribution in [0.3, 0.4) is 0 Å². The number of unbranched alkanes of at least 4 members (excludes halogenated alkanes) is 25. The van der Waals surface area contributed by atoms with Crippen molar-refractivity contribution in [2.75, 3.05) is 26.4 Å². The molecule has 3 heterocycles. The van der Waals surface area contributed by atoms with Gasteiger partial charge in [-0.1, -0.05) is 174 Å². The molecule has 23 nitrogen and oxygen atoms in total. The molecule has 3 aliphatic rings. The van der Waals surface area contributed by atoms with Crippen LogP contribution >= 0.6 is 0 Å². The van der Waals surface area contributed by atoms with E-state index in [1.54, 1.807) is 0 Å². The first-order valence-corrected chi connectivity index (χ1v) is 32.0. The third-order valence-corrected chi connectivity index (χ3v) is 16.5. The highest BCUT2D eigenvalue weighted by Gasteiger charge is 2.60. The van der Waals surface area contributed by atoms with E-state index in [1.807, 2.05) is 0 Å². The second kappa shape index (κ2) is 43.2. The summed E-state index contributed by atoms with van der Waals surface area (Å²) in [5.41, 5.74) is 0. The number of amides is 2. The fraction of sp³-hybridized carbons (Fsp3) is 0.918. The molecule has 0 aromatic heterocycles. The van der Waals surface area contributed by atoms with Crippen LogP contribution in [0.5, 0.6) is 0 Å². The highest BCUT2D eigenvalue weighted by atomic mass is 16.8. The Morgan fingerprint density at radius 2 is 1.11 bits per heavy atom. The molecule has 0 radical (unpaired) electrons. The average molecular weight is 1210 g/mol. The van der Waals surface area contributed by atoms with Crippen molar-refractivity contribution >= 4 is 17.8 Å². The summed E-state index contributed by atoms with van der Waals surface area (Å²) >= 11 is 0. The lowest BCUT2D eigenvalue weighted by atomic mass is 9.88. The predicted molar refractivity (Wildman–Crippen MR) is 311 cm³/mol. The quantitative estimate of drug-likeness (QED) is 0.0303. The molecule has 3 saturated heterocycles. The van der Waals surface area contributed by atoms with Crippen molar-refractivity contribution in [2.45, 2.75) is 330 Å². The monoisotopic (exact) mass is 1210 g/mol. The van der Waals surface area contributed by atoms with Crippen molar-refractivity contribution in [1.82, 2.24) is 10.6 Å². The van der Waals surface area contributed by atoms with Gasteiger partial charge >= 0.3 is 5.97 Å². The molecule has 2 amide bonds. The second-order valence-electron chi connectivity index (χ2n) is 23.6. The van der Waals surface area contributed by atoms with E-state index in [1.165, 1.54) is 89.9 Å². The van der Waals surface area contributed by atoms with Crippen molar-refractivity contribution < 1.29 is 104 Å². The number of nitrogens with one attached hydrogen (secondary N) is 2. The van der Waals surface area contributed by atoms with Gasteiger partial charge in [-0.05, 0) is 38.5 Å². The second-order valence-corrected chi connectivity index (χ2v) is 23.6. The largest absolute Gasteiger partial charge is 0.477 e. The van der Waals surface area contributed by atoms with Gasteiger partial charge < -0.3 is 100 Å². The summed E-state index contributed by atoms with van der Waals surface area (Å²) in [5, 5.41) is 136. The van der Waals surface area contributed by atoms with Crippen molar-refractivity contribution in [2.24, 2.45) is 0 Å². The van der Waals surface area contributed by atoms with Crippen molar-refractivity contribution in [3.05, 3.63) is 12.2 Å². The summed E-state index contributed by atoms with van der Waals surface area (Å²) in [4.78, 5) is 38.4. The van der Waals surface area contributed by atoms with Crippen LogP contribution in [0.2, 0.25) is 0 Å². The summed E-state index contributed by atoms with van der Waals surface area (Å²) in [7, 11) is 0. The van der Waals surface area contributed by atoms with Crippen molar-refractivity contribution in [1.29, 1.82) is 0 Å². The van der Waals surface area contributed by atoms with Crippen LogP contribution in [0, 0.1) is 0 Å². The van der Waals surface area contributed by atoms with Crippen LogP contribution in [0.15, 0.2) is 12.2 Å². The summed E-state index contributed by atoms with van der Waals surface area (Å²) < 4.78 is 34.8. The third kappa shape index (κ3) is 26.7. The fourth-order valence-corrected chi connectivity index (χ4v) is 11.3. The molecule has 492 valence electrons. The molecule has 3 fully saturated rings. The molecule has 0 aromatic carbocycles. The lowest BCUT2D eigenvalue weighted by molar-refractivity contribution is -0.386. The fourth-order valence-electron chi connectivity index (χ4n) is 11.3. The molecule has 0 aliphatic carbocycles. The van der Waals surface area contributed by atoms with E-state index < -0.39 is 148 Å². The van der Waals surface area contributed by atoms with E-state index in [0.29, 0.717) is 19.3 Å². The Morgan fingerprint density at radius 1 is 0.607 bits per heavy atom. The number of aliphatic carboxylic acids is 1. The van der Waals surface area contributed by atoms with Gasteiger partial charge in [0.15, 0.2) is 12.6 Å². The molecule has 18 unspecified atom stereocenters. The Hall–Kier alpha value is -2.53. The van der Waals surface area contributed by atoms with Crippen LogP contribution in [0.4, 0.5) is 0 Å². The van der Waals surface area contributed by atoms with Gasteiger partial charge in [0.05, 0.1) is 50.7 Å². The van der Waals surface area contributed by atoms with Gasteiger partial charge in [-0.3, -0.25) is 9.59 Å². The molecule has 3 rings (SSSR count). The van der Waals surface area contributed by atoms with E-state index in [-0.39, 0.29) is 18.9 Å². The molecule has 0 bridgehead atoms. The first kappa shape index (κ1) is 75.7. The standard InChI is InChI=1S/C61H112N2O21/c1-4-6-8-10-12-14-16-18-20-22-24-26-28-30-32-34-43(68)42(63-48(71)35-33-31-29-27-25-23-21-19-17-15-13-11-9-7-5-2)40-79-58-53(75)52(74)55(47(39-66)81-58)82-59-54(76)57(51(73)46(38-65)80-59)84-61(60(77)78)36-44(69)49(62-41(3)67)56(83-61)50(72)45(70)37-64/h15,17,42-47,49-59,64-66,68-70,72-76H,4-14,16,18-40H2,1-3H3,(H,62,67)(H,63,71)(H,77,78)/b17-15-. The topological polar surface area (TPSA) is 373 Å². The SMILES string of the molecule is CCCCCC/C=C\CCCCCCCCCC(=O)NC(COC1OC(CO)C(OC2OC(CO)C(O)C(OC3(C(=O)O)CC(O)C(NC(C)=O)C(C(O)C(O)CO)O3)C2O)C(O)C1O)C(O)CCCCCCCCCCCCCCCCC. The molecular formula is C61H112N2O21. The van der Waals surface area contributed by atoms with Crippen molar-refractivity contribution in [3.63, 3.8) is 0 Å². The number of carboxylic acids is 1. The normalized spacial score (nSPS) is 29.8. The molecule has 18 atom stereocenters. The summed E-state index contributed by atoms with van der Waals surface area (Å²) in [5.74, 6) is -6.11. The Bertz CT molecular complexity index is 1770. The minimum atomic E-state index is -3.08. The minimum absolute atomic E-state index is 0.219. The number of carbonyl (C=O) groups excluding carboxylic acids is 2. The lowest BCUT2D eigenvalue weighted by Gasteiger charge is -2.50. The lowest BCUT2D eigenvalue weighted by Crippen LogP contribution is -2.70. The number of hydrogen-bond acceptors (Lipinski definition) is 20. The highest BCUT2D eigenvalue weighted by Crippen LogP contribution is 2.38. The van der Waals surface area contributed by atoms with Gasteiger partial charge in [-0.2, -0.15) is 0 Å². The maximum absolute atomic E-state index is 13.4. The summed E-state index contributed by atoms with van der Waals surface area (Å²) in [6, 6.07) is -2.53. The zero-order valence-corrected chi connectivity index (χ0v) is 50.8. The molecule has 3 aliphatic heterocycles. The van der Waals surface area contributed by atoms with Crippen LogP contribution < -0.4 is 10.6 Å². The third-order valence-electron chi connectivity index (χ3n) is 16.5. The first-order valence-electron chi connectivity index (χ1n) is 32.0. The van der Waals surface area contributed by atoms with Gasteiger partial charge in [0.2, 0.25) is 11.8 Å². The smallest absolute Gasteiger partial charge is 0.364 e. The van der Waals surface area contributed by atoms with E-state index in [4.69, 9.17) is 28.4 Å². The Morgan fingerprint density at radius 3 is 1.62 bits per heavy atom. The summed E-state index contributed by atoms with van der Waals surface area (Å²) in [6.45, 7) is 2.17. The Kier molecular flexibility index (Phi) is 38.9. The van der Waals surface area contributed by atoms with Crippen molar-refractivity contribution in [3.8, 4) is 0 Å². The number of carboxylic acid groups (broad SMARTS) is 1. The molecule has 0 saturated carbocycles. The number of ether oxygens (including phenoxy) is 6. The predicted octanol–water partition coefficient (Wildman–Crippen LogP) is 3.95. The van der Waals surface area contributed by atoms with Gasteiger partial charge in [-0.25, -0.2) is 4.79 Å². The van der Waals surface area contributed by atoms with Gasteiger partial charge in [-0.15, -0.1) is 0 Å². The van der Waals surface area contributed by atoms with Crippen LogP contribution in [-0.4, -0.2) is 215 Å². The molecule has 23 heteroatoms. The Labute approximate surface area is 499 Å². The number of aliphatic hydroxyl groups excluding tert-OH is 11.